The summed E-state index contributed by atoms with van der Waals surface area (Å²) in [5.74, 6) is -0.841. The SMILES string of the molecule is CCc1ccc2c(c1)cc(C(=O)O)n2[Si](C)(C)C. The summed E-state index contributed by atoms with van der Waals surface area (Å²) < 4.78 is 2.03. The number of rotatable bonds is 3. The number of aryl methyl sites for hydroxylation is 1. The number of hydrogen-bond acceptors (Lipinski definition) is 1. The van der Waals surface area contributed by atoms with Crippen LogP contribution in [-0.2, 0) is 6.42 Å². The lowest BCUT2D eigenvalue weighted by molar-refractivity contribution is 0.0689. The van der Waals surface area contributed by atoms with Crippen LogP contribution >= 0.6 is 0 Å². The van der Waals surface area contributed by atoms with Crippen LogP contribution in [0.3, 0.4) is 0 Å². The van der Waals surface area contributed by atoms with E-state index >= 15 is 0 Å². The highest BCUT2D eigenvalue weighted by molar-refractivity contribution is 6.75. The molecule has 1 aromatic heterocycles. The smallest absolute Gasteiger partial charge is 0.351 e. The van der Waals surface area contributed by atoms with E-state index in [-0.39, 0.29) is 0 Å². The molecule has 0 spiro atoms. The fraction of sp³-hybridized carbons (Fsp3) is 0.357. The lowest BCUT2D eigenvalue weighted by atomic mass is 10.1. The summed E-state index contributed by atoms with van der Waals surface area (Å²) in [4.78, 5) is 11.4. The first kappa shape index (κ1) is 12.9. The van der Waals surface area contributed by atoms with Crippen LogP contribution in [0.4, 0.5) is 0 Å². The van der Waals surface area contributed by atoms with Gasteiger partial charge in [-0.25, -0.2) is 4.79 Å². The number of hydrogen-bond donors (Lipinski definition) is 1. The molecule has 4 heteroatoms. The van der Waals surface area contributed by atoms with Gasteiger partial charge in [-0.3, -0.25) is 0 Å². The Kier molecular flexibility index (Phi) is 3.07. The lowest BCUT2D eigenvalue weighted by Gasteiger charge is -2.22. The molecule has 0 bridgehead atoms. The summed E-state index contributed by atoms with van der Waals surface area (Å²) >= 11 is 0. The van der Waals surface area contributed by atoms with Crippen molar-refractivity contribution < 1.29 is 9.90 Å². The number of carboxylic acids is 1. The highest BCUT2D eigenvalue weighted by atomic mass is 28.3. The molecule has 18 heavy (non-hydrogen) atoms. The quantitative estimate of drug-likeness (QED) is 0.858. The summed E-state index contributed by atoms with van der Waals surface area (Å²) in [7, 11) is -1.74. The van der Waals surface area contributed by atoms with Gasteiger partial charge >= 0.3 is 5.97 Å². The predicted molar refractivity (Wildman–Crippen MR) is 77.0 cm³/mol. The van der Waals surface area contributed by atoms with Gasteiger partial charge in [0.15, 0.2) is 8.24 Å². The van der Waals surface area contributed by atoms with Crippen molar-refractivity contribution in [2.45, 2.75) is 33.0 Å². The van der Waals surface area contributed by atoms with E-state index in [0.717, 1.165) is 17.3 Å². The second-order valence-electron chi connectivity index (χ2n) is 5.59. The van der Waals surface area contributed by atoms with Crippen molar-refractivity contribution in [3.63, 3.8) is 0 Å². The van der Waals surface area contributed by atoms with Crippen LogP contribution < -0.4 is 0 Å². The molecule has 0 atom stereocenters. The number of fused-ring (bicyclic) bond motifs is 1. The molecule has 96 valence electrons. The summed E-state index contributed by atoms with van der Waals surface area (Å²) in [6.45, 7) is 8.58. The fourth-order valence-electron chi connectivity index (χ4n) is 2.36. The van der Waals surface area contributed by atoms with Gasteiger partial charge < -0.3 is 9.34 Å². The molecular formula is C14H19NO2Si. The minimum atomic E-state index is -1.74. The standard InChI is InChI=1S/C14H19NO2Si/c1-5-10-6-7-12-11(8-10)9-13(14(16)17)15(12)18(2,3)4/h6-9H,5H2,1-4H3,(H,16,17). The number of benzene rings is 1. The van der Waals surface area contributed by atoms with Crippen molar-refractivity contribution in [1.82, 2.24) is 4.23 Å². The van der Waals surface area contributed by atoms with Gasteiger partial charge in [0.2, 0.25) is 0 Å². The van der Waals surface area contributed by atoms with Gasteiger partial charge in [-0.1, -0.05) is 32.6 Å². The van der Waals surface area contributed by atoms with Gasteiger partial charge in [-0.2, -0.15) is 0 Å². The molecule has 0 unspecified atom stereocenters. The molecule has 1 aromatic carbocycles. The van der Waals surface area contributed by atoms with Gasteiger partial charge in [0.1, 0.15) is 5.69 Å². The monoisotopic (exact) mass is 261 g/mol. The number of nitrogens with zero attached hydrogens (tertiary/aromatic N) is 1. The Morgan fingerprint density at radius 2 is 1.94 bits per heavy atom. The van der Waals surface area contributed by atoms with Crippen LogP contribution in [-0.4, -0.2) is 23.5 Å². The first-order valence-corrected chi connectivity index (χ1v) is 9.67. The normalized spacial score (nSPS) is 12.0. The third-order valence-corrected chi connectivity index (χ3v) is 4.99. The van der Waals surface area contributed by atoms with Crippen LogP contribution in [0.25, 0.3) is 10.9 Å². The van der Waals surface area contributed by atoms with Gasteiger partial charge in [-0.05, 0) is 35.6 Å². The molecule has 2 aromatic rings. The number of aromatic nitrogens is 1. The topological polar surface area (TPSA) is 42.2 Å². The highest BCUT2D eigenvalue weighted by Gasteiger charge is 2.25. The number of carboxylic acid groups (broad SMARTS) is 1. The molecule has 0 saturated carbocycles. The van der Waals surface area contributed by atoms with Gasteiger partial charge in [-0.15, -0.1) is 0 Å². The van der Waals surface area contributed by atoms with Crippen molar-refractivity contribution in [2.24, 2.45) is 0 Å². The first-order chi connectivity index (χ1) is 8.34. The molecule has 0 aliphatic rings. The Labute approximate surface area is 108 Å². The predicted octanol–water partition coefficient (Wildman–Crippen LogP) is 3.58. The van der Waals surface area contributed by atoms with Crippen LogP contribution in [0.1, 0.15) is 23.0 Å². The van der Waals surface area contributed by atoms with Crippen LogP contribution in [0.5, 0.6) is 0 Å². The summed E-state index contributed by atoms with van der Waals surface area (Å²) in [6.07, 6.45) is 0.969. The average molecular weight is 261 g/mol. The molecule has 2 rings (SSSR count). The first-order valence-electron chi connectivity index (χ1n) is 6.22. The van der Waals surface area contributed by atoms with E-state index < -0.39 is 14.2 Å². The molecule has 0 aliphatic heterocycles. The molecule has 3 nitrogen and oxygen atoms in total. The largest absolute Gasteiger partial charge is 0.477 e. The van der Waals surface area contributed by atoms with E-state index in [1.54, 1.807) is 6.07 Å². The zero-order valence-corrected chi connectivity index (χ0v) is 12.3. The van der Waals surface area contributed by atoms with Crippen molar-refractivity contribution >= 4 is 25.1 Å². The van der Waals surface area contributed by atoms with Gasteiger partial charge in [0, 0.05) is 5.52 Å². The Bertz CT molecular complexity index is 608. The van der Waals surface area contributed by atoms with Crippen molar-refractivity contribution in [2.75, 3.05) is 0 Å². The fourth-order valence-corrected chi connectivity index (χ4v) is 4.17. The zero-order chi connectivity index (χ0) is 13.5. The van der Waals surface area contributed by atoms with E-state index in [1.165, 1.54) is 5.56 Å². The second-order valence-corrected chi connectivity index (χ2v) is 10.4. The van der Waals surface area contributed by atoms with E-state index in [0.29, 0.717) is 5.69 Å². The lowest BCUT2D eigenvalue weighted by Crippen LogP contribution is -2.34. The maximum Gasteiger partial charge on any atom is 0.351 e. The Balaban J connectivity index is 2.80. The van der Waals surface area contributed by atoms with Crippen LogP contribution in [0.15, 0.2) is 24.3 Å². The minimum Gasteiger partial charge on any atom is -0.477 e. The number of carbonyl (C=O) groups is 1. The van der Waals surface area contributed by atoms with Crippen LogP contribution in [0.2, 0.25) is 19.6 Å². The Morgan fingerprint density at radius 1 is 1.28 bits per heavy atom. The zero-order valence-electron chi connectivity index (χ0n) is 11.3. The third kappa shape index (κ3) is 2.08. The summed E-state index contributed by atoms with van der Waals surface area (Å²) in [5, 5.41) is 10.4. The van der Waals surface area contributed by atoms with Crippen molar-refractivity contribution in [3.05, 3.63) is 35.5 Å². The molecule has 1 heterocycles. The summed E-state index contributed by atoms with van der Waals surface area (Å²) in [6, 6.07) is 8.04. The molecule has 0 amide bonds. The average Bonchev–Trinajstić information content (AvgIpc) is 2.66. The molecule has 1 N–H and O–H groups in total. The van der Waals surface area contributed by atoms with E-state index in [1.807, 2.05) is 4.23 Å². The van der Waals surface area contributed by atoms with E-state index in [2.05, 4.69) is 44.8 Å². The van der Waals surface area contributed by atoms with Crippen LogP contribution in [0, 0.1) is 0 Å². The Morgan fingerprint density at radius 3 is 2.44 bits per heavy atom. The molecule has 0 radical (unpaired) electrons. The highest BCUT2D eigenvalue weighted by Crippen LogP contribution is 2.25. The molecule has 0 aliphatic carbocycles. The van der Waals surface area contributed by atoms with E-state index in [9.17, 15) is 9.90 Å². The van der Waals surface area contributed by atoms with E-state index in [4.69, 9.17) is 0 Å². The molecule has 0 saturated heterocycles. The van der Waals surface area contributed by atoms with Crippen molar-refractivity contribution in [3.8, 4) is 0 Å². The van der Waals surface area contributed by atoms with Gasteiger partial charge in [0.25, 0.3) is 0 Å². The molecular weight excluding hydrogens is 242 g/mol. The summed E-state index contributed by atoms with van der Waals surface area (Å²) in [5.41, 5.74) is 2.70. The van der Waals surface area contributed by atoms with Crippen molar-refractivity contribution in [1.29, 1.82) is 0 Å². The second kappa shape index (κ2) is 4.28. The maximum absolute atomic E-state index is 11.4. The third-order valence-electron chi connectivity index (χ3n) is 3.16. The number of aromatic carboxylic acids is 1. The minimum absolute atomic E-state index is 0.414. The molecule has 0 fully saturated rings. The Hall–Kier alpha value is -1.55. The van der Waals surface area contributed by atoms with Gasteiger partial charge in [0.05, 0.1) is 0 Å². The maximum atomic E-state index is 11.4.